The number of sulfonamides is 1. The van der Waals surface area contributed by atoms with Gasteiger partial charge >= 0.3 is 6.18 Å². The second-order valence-electron chi connectivity index (χ2n) is 5.35. The Bertz CT molecular complexity index is 1040. The SMILES string of the molecule is CC(=CC(=O)NS(=O)(=O)c1ccc(C#N)c(C(F)(F)F)c1)c1ccncc1. The number of halogens is 3. The molecule has 1 heterocycles. The van der Waals surface area contributed by atoms with E-state index in [9.17, 15) is 26.4 Å². The highest BCUT2D eigenvalue weighted by atomic mass is 32.2. The maximum absolute atomic E-state index is 13.0. The molecule has 0 unspecified atom stereocenters. The molecule has 1 N–H and O–H groups in total. The van der Waals surface area contributed by atoms with E-state index in [0.717, 1.165) is 18.2 Å². The van der Waals surface area contributed by atoms with E-state index in [0.29, 0.717) is 17.2 Å². The number of aromatic nitrogens is 1. The number of allylic oxidation sites excluding steroid dienone is 1. The van der Waals surface area contributed by atoms with Crippen molar-refractivity contribution in [3.63, 3.8) is 0 Å². The number of benzene rings is 1. The van der Waals surface area contributed by atoms with Crippen LogP contribution in [0.4, 0.5) is 13.2 Å². The zero-order valence-electron chi connectivity index (χ0n) is 13.8. The van der Waals surface area contributed by atoms with Gasteiger partial charge in [-0.15, -0.1) is 0 Å². The summed E-state index contributed by atoms with van der Waals surface area (Å²) in [6, 6.07) is 6.42. The van der Waals surface area contributed by atoms with Crippen LogP contribution in [0.25, 0.3) is 5.57 Å². The molecule has 1 aromatic heterocycles. The van der Waals surface area contributed by atoms with Crippen molar-refractivity contribution in [2.45, 2.75) is 18.0 Å². The van der Waals surface area contributed by atoms with Gasteiger partial charge in [-0.2, -0.15) is 18.4 Å². The van der Waals surface area contributed by atoms with Crippen molar-refractivity contribution < 1.29 is 26.4 Å². The second-order valence-corrected chi connectivity index (χ2v) is 7.03. The van der Waals surface area contributed by atoms with Crippen molar-refractivity contribution in [2.24, 2.45) is 0 Å². The molecule has 6 nitrogen and oxygen atoms in total. The summed E-state index contributed by atoms with van der Waals surface area (Å²) in [6.07, 6.45) is -0.951. The molecule has 0 aliphatic heterocycles. The minimum absolute atomic E-state index is 0.313. The van der Waals surface area contributed by atoms with Crippen molar-refractivity contribution >= 4 is 21.5 Å². The number of hydrogen-bond acceptors (Lipinski definition) is 5. The normalized spacial score (nSPS) is 12.3. The molecule has 0 bridgehead atoms. The lowest BCUT2D eigenvalue weighted by molar-refractivity contribution is -0.137. The first kappa shape index (κ1) is 20.1. The molecule has 10 heteroatoms. The topological polar surface area (TPSA) is 99.9 Å². The monoisotopic (exact) mass is 395 g/mol. The van der Waals surface area contributed by atoms with Crippen molar-refractivity contribution in [1.29, 1.82) is 5.26 Å². The number of alkyl halides is 3. The molecule has 0 saturated carbocycles. The summed E-state index contributed by atoms with van der Waals surface area (Å²) in [7, 11) is -4.56. The zero-order valence-corrected chi connectivity index (χ0v) is 14.6. The van der Waals surface area contributed by atoms with Crippen LogP contribution in [-0.4, -0.2) is 19.3 Å². The minimum atomic E-state index is -4.92. The maximum Gasteiger partial charge on any atom is 0.417 e. The predicted octanol–water partition coefficient (Wildman–Crippen LogP) is 2.88. The lowest BCUT2D eigenvalue weighted by atomic mass is 10.1. The van der Waals surface area contributed by atoms with Gasteiger partial charge in [0.15, 0.2) is 0 Å². The van der Waals surface area contributed by atoms with Gasteiger partial charge in [-0.1, -0.05) is 0 Å². The number of carbonyl (C=O) groups is 1. The molecule has 0 aliphatic rings. The smallest absolute Gasteiger partial charge is 0.269 e. The maximum atomic E-state index is 13.0. The fourth-order valence-corrected chi connectivity index (χ4v) is 3.10. The number of pyridine rings is 1. The molecule has 0 radical (unpaired) electrons. The van der Waals surface area contributed by atoms with Gasteiger partial charge in [-0.25, -0.2) is 13.1 Å². The van der Waals surface area contributed by atoms with E-state index in [1.165, 1.54) is 18.5 Å². The number of carbonyl (C=O) groups excluding carboxylic acids is 1. The van der Waals surface area contributed by atoms with Crippen LogP contribution in [0.2, 0.25) is 0 Å². The largest absolute Gasteiger partial charge is 0.417 e. The van der Waals surface area contributed by atoms with E-state index in [1.807, 2.05) is 0 Å². The van der Waals surface area contributed by atoms with Crippen molar-refractivity contribution in [3.8, 4) is 6.07 Å². The molecule has 0 atom stereocenters. The minimum Gasteiger partial charge on any atom is -0.269 e. The lowest BCUT2D eigenvalue weighted by Gasteiger charge is -2.11. The number of nitrogens with zero attached hydrogens (tertiary/aromatic N) is 2. The molecule has 140 valence electrons. The van der Waals surface area contributed by atoms with Crippen LogP contribution < -0.4 is 4.72 Å². The zero-order chi connectivity index (χ0) is 20.2. The number of nitriles is 1. The predicted molar refractivity (Wildman–Crippen MR) is 89.4 cm³/mol. The summed E-state index contributed by atoms with van der Waals surface area (Å²) < 4.78 is 65.0. The first-order valence-electron chi connectivity index (χ1n) is 7.31. The number of amides is 1. The van der Waals surface area contributed by atoms with Crippen LogP contribution in [0.1, 0.15) is 23.6 Å². The van der Waals surface area contributed by atoms with Gasteiger partial charge in [-0.3, -0.25) is 9.78 Å². The fourth-order valence-electron chi connectivity index (χ4n) is 2.14. The molecule has 27 heavy (non-hydrogen) atoms. The molecule has 2 rings (SSSR count). The van der Waals surface area contributed by atoms with E-state index in [2.05, 4.69) is 4.98 Å². The van der Waals surface area contributed by atoms with Crippen LogP contribution in [0, 0.1) is 11.3 Å². The first-order chi connectivity index (χ1) is 12.5. The van der Waals surface area contributed by atoms with Gasteiger partial charge in [0.1, 0.15) is 0 Å². The molecule has 2 aromatic rings. The van der Waals surface area contributed by atoms with Gasteiger partial charge < -0.3 is 0 Å². The van der Waals surface area contributed by atoms with Crippen molar-refractivity contribution in [2.75, 3.05) is 0 Å². The van der Waals surface area contributed by atoms with E-state index >= 15 is 0 Å². The Kier molecular flexibility index (Phi) is 5.66. The van der Waals surface area contributed by atoms with E-state index in [-0.39, 0.29) is 0 Å². The average Bonchev–Trinajstić information content (AvgIpc) is 2.60. The number of nitrogens with one attached hydrogen (secondary N) is 1. The highest BCUT2D eigenvalue weighted by molar-refractivity contribution is 7.90. The van der Waals surface area contributed by atoms with Crippen LogP contribution >= 0.6 is 0 Å². The summed E-state index contributed by atoms with van der Waals surface area (Å²) in [4.78, 5) is 15.0. The summed E-state index contributed by atoms with van der Waals surface area (Å²) >= 11 is 0. The third-order valence-electron chi connectivity index (χ3n) is 3.45. The first-order valence-corrected chi connectivity index (χ1v) is 8.80. The number of rotatable bonds is 4. The van der Waals surface area contributed by atoms with E-state index in [1.54, 1.807) is 23.8 Å². The molecule has 0 aliphatic carbocycles. The standard InChI is InChI=1S/C17H12F3N3O3S/c1-11(12-4-6-22-7-5-12)8-16(24)23-27(25,26)14-3-2-13(10-21)15(9-14)17(18,19)20/h2-9H,1H3,(H,23,24). The molecule has 0 spiro atoms. The Hall–Kier alpha value is -3.19. The van der Waals surface area contributed by atoms with Crippen LogP contribution in [-0.2, 0) is 21.0 Å². The summed E-state index contributed by atoms with van der Waals surface area (Å²) in [5.41, 5.74) is -1.07. The molecular weight excluding hydrogens is 383 g/mol. The summed E-state index contributed by atoms with van der Waals surface area (Å²) in [5.74, 6) is -1.03. The van der Waals surface area contributed by atoms with Crippen LogP contribution in [0.15, 0.2) is 53.7 Å². The Morgan fingerprint density at radius 2 is 1.85 bits per heavy atom. The molecule has 0 fully saturated rings. The Balaban J connectivity index is 2.32. The Labute approximate surface area is 153 Å². The number of hydrogen-bond donors (Lipinski definition) is 1. The average molecular weight is 395 g/mol. The van der Waals surface area contributed by atoms with Gasteiger partial charge in [-0.05, 0) is 48.4 Å². The van der Waals surface area contributed by atoms with Gasteiger partial charge in [0.2, 0.25) is 0 Å². The Morgan fingerprint density at radius 3 is 2.41 bits per heavy atom. The lowest BCUT2D eigenvalue weighted by Crippen LogP contribution is -2.29. The molecule has 0 saturated heterocycles. The van der Waals surface area contributed by atoms with Crippen molar-refractivity contribution in [3.05, 3.63) is 65.5 Å². The molecular formula is C17H12F3N3O3S. The third-order valence-corrected chi connectivity index (χ3v) is 4.79. The van der Waals surface area contributed by atoms with Gasteiger partial charge in [0.25, 0.3) is 15.9 Å². The van der Waals surface area contributed by atoms with Crippen LogP contribution in [0.5, 0.6) is 0 Å². The summed E-state index contributed by atoms with van der Waals surface area (Å²) in [5, 5.41) is 8.75. The third kappa shape index (κ3) is 4.92. The Morgan fingerprint density at radius 1 is 1.22 bits per heavy atom. The van der Waals surface area contributed by atoms with Crippen LogP contribution in [0.3, 0.4) is 0 Å². The highest BCUT2D eigenvalue weighted by Crippen LogP contribution is 2.33. The van der Waals surface area contributed by atoms with E-state index < -0.39 is 38.1 Å². The molecule has 1 amide bonds. The highest BCUT2D eigenvalue weighted by Gasteiger charge is 2.35. The van der Waals surface area contributed by atoms with Gasteiger partial charge in [0, 0.05) is 18.5 Å². The van der Waals surface area contributed by atoms with E-state index in [4.69, 9.17) is 5.26 Å². The molecule has 1 aromatic carbocycles. The second kappa shape index (κ2) is 7.59. The summed E-state index contributed by atoms with van der Waals surface area (Å²) in [6.45, 7) is 1.56. The fraction of sp³-hybridized carbons (Fsp3) is 0.118. The van der Waals surface area contributed by atoms with Gasteiger partial charge in [0.05, 0.1) is 22.1 Å². The van der Waals surface area contributed by atoms with Crippen molar-refractivity contribution in [1.82, 2.24) is 9.71 Å². The quantitative estimate of drug-likeness (QED) is 0.803.